The number of hydrogen-bond acceptors (Lipinski definition) is 2. The minimum absolute atomic E-state index is 0. The first kappa shape index (κ1) is 24.9. The molecule has 1 N–H and O–H groups in total. The average Bonchev–Trinajstić information content (AvgIpc) is 2.91. The first-order chi connectivity index (χ1) is 10.8. The van der Waals surface area contributed by atoms with E-state index in [1.165, 1.54) is 22.3 Å². The summed E-state index contributed by atoms with van der Waals surface area (Å²) in [5, 5.41) is 0. The van der Waals surface area contributed by atoms with Crippen LogP contribution in [0.1, 0.15) is 49.5 Å². The van der Waals surface area contributed by atoms with E-state index in [0.717, 1.165) is 13.0 Å². The topological polar surface area (TPSA) is 15.3 Å². The van der Waals surface area contributed by atoms with Crippen LogP contribution in [0.2, 0.25) is 0 Å². The Morgan fingerprint density at radius 1 is 1.16 bits per heavy atom. The molecule has 0 radical (unpaired) electrons. The van der Waals surface area contributed by atoms with E-state index in [-0.39, 0.29) is 49.8 Å². The molecule has 140 valence electrons. The van der Waals surface area contributed by atoms with Gasteiger partial charge in [-0.15, -0.1) is 24.8 Å². The third kappa shape index (κ3) is 7.58. The molecule has 0 heterocycles. The van der Waals surface area contributed by atoms with Crippen molar-refractivity contribution in [3.8, 4) is 0 Å². The van der Waals surface area contributed by atoms with Crippen LogP contribution in [0.5, 0.6) is 0 Å². The Balaban J connectivity index is 0.00000288. The van der Waals surface area contributed by atoms with Gasteiger partial charge in [-0.2, -0.15) is 0 Å². The third-order valence-corrected chi connectivity index (χ3v) is 6.49. The molecule has 0 amide bonds. The van der Waals surface area contributed by atoms with Crippen molar-refractivity contribution in [1.29, 1.82) is 0 Å². The van der Waals surface area contributed by atoms with Gasteiger partial charge in [-0.05, 0) is 0 Å². The predicted octanol–water partition coefficient (Wildman–Crippen LogP) is 5.25. The van der Waals surface area contributed by atoms with Crippen LogP contribution in [0.25, 0.3) is 5.57 Å². The van der Waals surface area contributed by atoms with Crippen LogP contribution in [0.4, 0.5) is 0 Å². The molecule has 0 fully saturated rings. The Labute approximate surface area is 175 Å². The Kier molecular flexibility index (Phi) is 10.9. The van der Waals surface area contributed by atoms with Gasteiger partial charge < -0.3 is 0 Å². The predicted molar refractivity (Wildman–Crippen MR) is 111 cm³/mol. The van der Waals surface area contributed by atoms with Crippen LogP contribution in [0.15, 0.2) is 42.0 Å². The minimum Gasteiger partial charge on any atom is -0.147 e. The molecule has 0 bridgehead atoms. The second-order valence-corrected chi connectivity index (χ2v) is 9.87. The number of halogens is 2. The van der Waals surface area contributed by atoms with Gasteiger partial charge in [-0.3, -0.25) is 0 Å². The fraction of sp³-hybridized carbons (Fsp3) is 0.500. The number of benzene rings is 1. The number of hydrogen-bond donors (Lipinski definition) is 1. The molecule has 25 heavy (non-hydrogen) atoms. The van der Waals surface area contributed by atoms with Crippen molar-refractivity contribution in [3.63, 3.8) is 0 Å². The molecule has 1 atom stereocenters. The molecule has 1 aromatic rings. The number of likely N-dealkylation sites (N-methyl/N-ethyl adjacent to an activating group) is 1. The molecule has 0 saturated carbocycles. The molecule has 2 nitrogen and oxygen atoms in total. The van der Waals surface area contributed by atoms with Gasteiger partial charge in [0, 0.05) is 0 Å². The van der Waals surface area contributed by atoms with Crippen LogP contribution >= 0.6 is 24.8 Å². The molecule has 1 unspecified atom stereocenters. The van der Waals surface area contributed by atoms with Crippen molar-refractivity contribution >= 4 is 30.4 Å². The zero-order valence-electron chi connectivity index (χ0n) is 16.2. The van der Waals surface area contributed by atoms with Crippen LogP contribution in [-0.4, -0.2) is 31.1 Å². The zero-order chi connectivity index (χ0) is 17.0. The first-order valence-electron chi connectivity index (χ1n) is 8.43. The third-order valence-electron chi connectivity index (χ3n) is 3.93. The summed E-state index contributed by atoms with van der Waals surface area (Å²) >= 11 is -0.221. The second kappa shape index (κ2) is 10.9. The molecule has 0 spiro atoms. The molecule has 5 heteroatoms. The van der Waals surface area contributed by atoms with Crippen LogP contribution in [0.3, 0.4) is 0 Å². The summed E-state index contributed by atoms with van der Waals surface area (Å²) in [5.41, 5.74) is 6.18. The first-order valence-corrected chi connectivity index (χ1v) is 10.1. The molecule has 0 aliphatic heterocycles. The van der Waals surface area contributed by atoms with E-state index in [4.69, 9.17) is 0 Å². The Morgan fingerprint density at radius 2 is 1.80 bits per heavy atom. The normalized spacial score (nSPS) is 15.0. The molecule has 0 saturated heterocycles. The van der Waals surface area contributed by atoms with E-state index in [1.54, 1.807) is 0 Å². The molecular weight excluding hydrogens is 387 g/mol. The summed E-state index contributed by atoms with van der Waals surface area (Å²) in [7, 11) is 4.29. The Morgan fingerprint density at radius 3 is 2.40 bits per heavy atom. The van der Waals surface area contributed by atoms with Crippen LogP contribution in [-0.2, 0) is 19.4 Å². The van der Waals surface area contributed by atoms with Gasteiger partial charge in [-0.25, -0.2) is 0 Å². The summed E-state index contributed by atoms with van der Waals surface area (Å²) in [6.45, 7) is 10.2. The van der Waals surface area contributed by atoms with E-state index in [9.17, 15) is 0 Å². The summed E-state index contributed by atoms with van der Waals surface area (Å²) in [6.07, 6.45) is 5.68. The second-order valence-electron chi connectivity index (χ2n) is 7.68. The minimum atomic E-state index is -0.221. The number of nitrogens with zero attached hydrogens (tertiary/aromatic N) is 1. The molecule has 0 aromatic heterocycles. The molecule has 1 aromatic carbocycles. The SMILES string of the molecule is C[CH]([Ti][NH]C(C)(C)C)c1ccccc1C1=C(CN(C)C)C=CC1.Cl.Cl. The molecule has 1 aliphatic carbocycles. The van der Waals surface area contributed by atoms with Crippen LogP contribution < -0.4 is 3.80 Å². The van der Waals surface area contributed by atoms with Crippen LogP contribution in [0, 0.1) is 0 Å². The van der Waals surface area contributed by atoms with E-state index in [2.05, 4.69) is 86.9 Å². The maximum Gasteiger partial charge on any atom is -0.147 e. The van der Waals surface area contributed by atoms with Crippen molar-refractivity contribution in [2.45, 2.75) is 43.9 Å². The van der Waals surface area contributed by atoms with Gasteiger partial charge in [0.25, 0.3) is 0 Å². The van der Waals surface area contributed by atoms with Crippen molar-refractivity contribution in [1.82, 2.24) is 8.70 Å². The molecular formula is C20H32Cl2N2Ti. The largest absolute Gasteiger partial charge is 0.147 e. The van der Waals surface area contributed by atoms with E-state index in [0.29, 0.717) is 4.22 Å². The molecule has 2 rings (SSSR count). The fourth-order valence-electron chi connectivity index (χ4n) is 2.87. The van der Waals surface area contributed by atoms with Gasteiger partial charge in [0.2, 0.25) is 0 Å². The van der Waals surface area contributed by atoms with Gasteiger partial charge in [0.15, 0.2) is 0 Å². The van der Waals surface area contributed by atoms with E-state index >= 15 is 0 Å². The van der Waals surface area contributed by atoms with Gasteiger partial charge >= 0.3 is 151 Å². The number of nitrogens with one attached hydrogen (secondary N) is 1. The number of rotatable bonds is 6. The zero-order valence-corrected chi connectivity index (χ0v) is 19.4. The summed E-state index contributed by atoms with van der Waals surface area (Å²) < 4.78 is 4.39. The standard InChI is InChI=1S/C16H20N.C4H10N.2ClH.Ti/c1-4-13-8-5-6-10-15(13)16-11-7-9-14(16)12-17(2)3;1-4(2,3)5;;;/h4-10H,11-12H2,1-3H3;5H,1-3H3;2*1H;/q;-1;;;+1. The number of allylic oxidation sites excluding steroid dienone is 2. The maximum atomic E-state index is 3.77. The Hall–Kier alpha value is -0.0857. The molecule has 1 aliphatic rings. The average molecular weight is 419 g/mol. The maximum absolute atomic E-state index is 3.77. The van der Waals surface area contributed by atoms with Crippen molar-refractivity contribution < 1.29 is 19.4 Å². The van der Waals surface area contributed by atoms with Crippen molar-refractivity contribution in [3.05, 3.63) is 53.1 Å². The van der Waals surface area contributed by atoms with Gasteiger partial charge in [0.1, 0.15) is 0 Å². The monoisotopic (exact) mass is 418 g/mol. The van der Waals surface area contributed by atoms with E-state index < -0.39 is 0 Å². The summed E-state index contributed by atoms with van der Waals surface area (Å²) in [5.74, 6) is 0. The van der Waals surface area contributed by atoms with Gasteiger partial charge in [0.05, 0.1) is 0 Å². The quantitative estimate of drug-likeness (QED) is 0.634. The van der Waals surface area contributed by atoms with E-state index in [1.807, 2.05) is 0 Å². The van der Waals surface area contributed by atoms with Crippen molar-refractivity contribution in [2.75, 3.05) is 20.6 Å². The van der Waals surface area contributed by atoms with Gasteiger partial charge in [-0.1, -0.05) is 0 Å². The smallest absolute Gasteiger partial charge is 0.147 e. The van der Waals surface area contributed by atoms with Crippen molar-refractivity contribution in [2.24, 2.45) is 0 Å². The fourth-order valence-corrected chi connectivity index (χ4v) is 4.52. The summed E-state index contributed by atoms with van der Waals surface area (Å²) in [4.78, 5) is 2.26. The summed E-state index contributed by atoms with van der Waals surface area (Å²) in [6, 6.07) is 9.01. The Bertz CT molecular complexity index is 604.